The van der Waals surface area contributed by atoms with Gasteiger partial charge in [0.25, 0.3) is 5.91 Å². The summed E-state index contributed by atoms with van der Waals surface area (Å²) in [6.07, 6.45) is 5.02. The number of aromatic nitrogens is 2. The number of carbonyl (C=O) groups is 1. The van der Waals surface area contributed by atoms with Crippen molar-refractivity contribution < 1.29 is 9.18 Å². The van der Waals surface area contributed by atoms with Crippen molar-refractivity contribution in [1.82, 2.24) is 15.3 Å². The Bertz CT molecular complexity index is 511. The molecule has 2 rings (SSSR count). The second-order valence-corrected chi connectivity index (χ2v) is 3.91. The molecule has 2 N–H and O–H groups in total. The maximum absolute atomic E-state index is 12.9. The smallest absolute Gasteiger partial charge is 0.251 e. The Morgan fingerprint density at radius 3 is 3.06 bits per heavy atom. The highest BCUT2D eigenvalue weighted by Crippen LogP contribution is 2.03. The number of nitrogens with zero attached hydrogens (tertiary/aromatic N) is 1. The fraction of sp³-hybridized carbons (Fsp3) is 0.231. The first-order valence-corrected chi connectivity index (χ1v) is 5.78. The summed E-state index contributed by atoms with van der Waals surface area (Å²) in [6, 6.07) is 5.65. The summed E-state index contributed by atoms with van der Waals surface area (Å²) in [5.74, 6) is 0.238. The Labute approximate surface area is 104 Å². The van der Waals surface area contributed by atoms with E-state index in [1.165, 1.54) is 18.2 Å². The number of carbonyl (C=O) groups excluding carboxylic acids is 1. The molecule has 0 atom stereocenters. The molecule has 0 aliphatic carbocycles. The quantitative estimate of drug-likeness (QED) is 0.793. The molecular weight excluding hydrogens is 233 g/mol. The first kappa shape index (κ1) is 12.3. The lowest BCUT2D eigenvalue weighted by Crippen LogP contribution is -2.24. The van der Waals surface area contributed by atoms with Gasteiger partial charge in [-0.25, -0.2) is 9.37 Å². The van der Waals surface area contributed by atoms with E-state index in [9.17, 15) is 9.18 Å². The van der Waals surface area contributed by atoms with E-state index in [1.54, 1.807) is 18.5 Å². The summed E-state index contributed by atoms with van der Waals surface area (Å²) >= 11 is 0. The van der Waals surface area contributed by atoms with E-state index < -0.39 is 5.82 Å². The van der Waals surface area contributed by atoms with Gasteiger partial charge in [0, 0.05) is 30.9 Å². The molecule has 2 aromatic rings. The van der Waals surface area contributed by atoms with Crippen molar-refractivity contribution in [1.29, 1.82) is 0 Å². The number of hydrogen-bond acceptors (Lipinski definition) is 2. The van der Waals surface area contributed by atoms with E-state index in [0.29, 0.717) is 12.1 Å². The lowest BCUT2D eigenvalue weighted by molar-refractivity contribution is 0.0952. The SMILES string of the molecule is O=C(NCCCc1ncc[nH]1)c1cccc(F)c1. The van der Waals surface area contributed by atoms with Gasteiger partial charge in [-0.2, -0.15) is 0 Å². The normalized spacial score (nSPS) is 10.3. The molecule has 1 aromatic carbocycles. The van der Waals surface area contributed by atoms with Gasteiger partial charge in [-0.15, -0.1) is 0 Å². The molecule has 5 heteroatoms. The highest BCUT2D eigenvalue weighted by Gasteiger charge is 2.05. The third-order valence-electron chi connectivity index (χ3n) is 2.52. The summed E-state index contributed by atoms with van der Waals surface area (Å²) < 4.78 is 12.9. The number of benzene rings is 1. The van der Waals surface area contributed by atoms with Crippen LogP contribution in [-0.4, -0.2) is 22.4 Å². The number of imidazole rings is 1. The Balaban J connectivity index is 1.75. The van der Waals surface area contributed by atoms with Gasteiger partial charge in [0.15, 0.2) is 0 Å². The van der Waals surface area contributed by atoms with Crippen molar-refractivity contribution in [3.63, 3.8) is 0 Å². The number of nitrogens with one attached hydrogen (secondary N) is 2. The Kier molecular flexibility index (Phi) is 4.06. The van der Waals surface area contributed by atoms with E-state index >= 15 is 0 Å². The van der Waals surface area contributed by atoms with Gasteiger partial charge in [-0.05, 0) is 24.6 Å². The van der Waals surface area contributed by atoms with Crippen LogP contribution >= 0.6 is 0 Å². The molecule has 0 radical (unpaired) electrons. The molecule has 0 spiro atoms. The van der Waals surface area contributed by atoms with Crippen LogP contribution in [0.15, 0.2) is 36.7 Å². The summed E-state index contributed by atoms with van der Waals surface area (Å²) in [5, 5.41) is 2.74. The number of H-pyrrole nitrogens is 1. The van der Waals surface area contributed by atoms with Crippen molar-refractivity contribution in [3.05, 3.63) is 53.9 Å². The monoisotopic (exact) mass is 247 g/mol. The highest BCUT2D eigenvalue weighted by molar-refractivity contribution is 5.94. The number of aromatic amines is 1. The van der Waals surface area contributed by atoms with Gasteiger partial charge in [0.2, 0.25) is 0 Å². The average molecular weight is 247 g/mol. The van der Waals surface area contributed by atoms with Crippen molar-refractivity contribution in [2.24, 2.45) is 0 Å². The van der Waals surface area contributed by atoms with Crippen LogP contribution < -0.4 is 5.32 Å². The van der Waals surface area contributed by atoms with E-state index in [-0.39, 0.29) is 5.91 Å². The van der Waals surface area contributed by atoms with Crippen molar-refractivity contribution in [2.75, 3.05) is 6.54 Å². The number of aryl methyl sites for hydroxylation is 1. The highest BCUT2D eigenvalue weighted by atomic mass is 19.1. The molecule has 18 heavy (non-hydrogen) atoms. The van der Waals surface area contributed by atoms with Gasteiger partial charge in [-0.3, -0.25) is 4.79 Å². The van der Waals surface area contributed by atoms with Crippen LogP contribution in [0.5, 0.6) is 0 Å². The summed E-state index contributed by atoms with van der Waals surface area (Å²) in [6.45, 7) is 0.538. The molecule has 1 heterocycles. The molecule has 0 aliphatic rings. The minimum absolute atomic E-state index is 0.256. The number of rotatable bonds is 5. The van der Waals surface area contributed by atoms with Crippen LogP contribution in [0.1, 0.15) is 22.6 Å². The van der Waals surface area contributed by atoms with Gasteiger partial charge in [-0.1, -0.05) is 6.07 Å². The maximum atomic E-state index is 12.9. The van der Waals surface area contributed by atoms with E-state index in [0.717, 1.165) is 18.7 Å². The van der Waals surface area contributed by atoms with Crippen LogP contribution in [0.2, 0.25) is 0 Å². The van der Waals surface area contributed by atoms with E-state index in [1.807, 2.05) is 0 Å². The minimum atomic E-state index is -0.404. The lowest BCUT2D eigenvalue weighted by Gasteiger charge is -2.04. The topological polar surface area (TPSA) is 57.8 Å². The van der Waals surface area contributed by atoms with Crippen LogP contribution in [0.4, 0.5) is 4.39 Å². The molecule has 1 amide bonds. The third-order valence-corrected chi connectivity index (χ3v) is 2.52. The maximum Gasteiger partial charge on any atom is 0.251 e. The third kappa shape index (κ3) is 3.41. The molecule has 4 nitrogen and oxygen atoms in total. The van der Waals surface area contributed by atoms with Gasteiger partial charge in [0.05, 0.1) is 0 Å². The van der Waals surface area contributed by atoms with Crippen molar-refractivity contribution >= 4 is 5.91 Å². The fourth-order valence-corrected chi connectivity index (χ4v) is 1.62. The largest absolute Gasteiger partial charge is 0.352 e. The number of amides is 1. The predicted octanol–water partition coefficient (Wildman–Crippen LogP) is 1.91. The average Bonchev–Trinajstić information content (AvgIpc) is 2.87. The summed E-state index contributed by atoms with van der Waals surface area (Å²) in [7, 11) is 0. The van der Waals surface area contributed by atoms with Crippen LogP contribution in [0.3, 0.4) is 0 Å². The van der Waals surface area contributed by atoms with Crippen molar-refractivity contribution in [2.45, 2.75) is 12.8 Å². The van der Waals surface area contributed by atoms with Crippen molar-refractivity contribution in [3.8, 4) is 0 Å². The van der Waals surface area contributed by atoms with Gasteiger partial charge >= 0.3 is 0 Å². The zero-order valence-electron chi connectivity index (χ0n) is 9.82. The summed E-state index contributed by atoms with van der Waals surface area (Å²) in [5.41, 5.74) is 0.341. The number of halogens is 1. The Morgan fingerprint density at radius 2 is 2.33 bits per heavy atom. The zero-order chi connectivity index (χ0) is 12.8. The first-order valence-electron chi connectivity index (χ1n) is 5.78. The zero-order valence-corrected chi connectivity index (χ0v) is 9.82. The first-order chi connectivity index (χ1) is 8.75. The molecule has 0 fully saturated rings. The molecule has 1 aromatic heterocycles. The van der Waals surface area contributed by atoms with Crippen LogP contribution in [0, 0.1) is 5.82 Å². The molecule has 0 saturated carbocycles. The second kappa shape index (κ2) is 5.95. The fourth-order valence-electron chi connectivity index (χ4n) is 1.62. The van der Waals surface area contributed by atoms with Crippen LogP contribution in [-0.2, 0) is 6.42 Å². The standard InChI is InChI=1S/C13H14FN3O/c14-11-4-1-3-10(9-11)13(18)17-6-2-5-12-15-7-8-16-12/h1,3-4,7-9H,2,5-6H2,(H,15,16)(H,17,18). The predicted molar refractivity (Wildman–Crippen MR) is 65.6 cm³/mol. The lowest BCUT2D eigenvalue weighted by atomic mass is 10.2. The van der Waals surface area contributed by atoms with Gasteiger partial charge < -0.3 is 10.3 Å². The number of hydrogen-bond donors (Lipinski definition) is 2. The molecule has 94 valence electrons. The van der Waals surface area contributed by atoms with E-state index in [4.69, 9.17) is 0 Å². The Hall–Kier alpha value is -2.17. The van der Waals surface area contributed by atoms with E-state index in [2.05, 4.69) is 15.3 Å². The van der Waals surface area contributed by atoms with Gasteiger partial charge in [0.1, 0.15) is 11.6 Å². The Morgan fingerprint density at radius 1 is 1.44 bits per heavy atom. The minimum Gasteiger partial charge on any atom is -0.352 e. The summed E-state index contributed by atoms with van der Waals surface area (Å²) in [4.78, 5) is 18.7. The van der Waals surface area contributed by atoms with Crippen LogP contribution in [0.25, 0.3) is 0 Å². The molecular formula is C13H14FN3O. The molecule has 0 bridgehead atoms. The molecule has 0 saturated heterocycles. The molecule has 0 unspecified atom stereocenters. The molecule has 0 aliphatic heterocycles. The second-order valence-electron chi connectivity index (χ2n) is 3.91.